The molecule has 0 saturated heterocycles. The monoisotopic (exact) mass is 2190 g/mol. The van der Waals surface area contributed by atoms with Crippen LogP contribution in [0.4, 0.5) is 22.0 Å². The van der Waals surface area contributed by atoms with Gasteiger partial charge in [-0.15, -0.1) is 53.3 Å². The number of thiazole rings is 2. The first-order valence-corrected chi connectivity index (χ1v) is 53.8. The zero-order valence-corrected chi connectivity index (χ0v) is 89.4. The van der Waals surface area contributed by atoms with Gasteiger partial charge in [0.1, 0.15) is 34.9 Å². The zero-order chi connectivity index (χ0) is 107. The highest BCUT2D eigenvalue weighted by atomic mass is 32.2. The fraction of sp³-hybridized carbons (Fsp3) is 0.139. The number of carbonyl (C=O) groups is 8. The summed E-state index contributed by atoms with van der Waals surface area (Å²) in [6, 6.07) is 49.8. The lowest BCUT2D eigenvalue weighted by molar-refractivity contribution is 0.103. The molecule has 2 aliphatic rings. The molecular weight excluding hydrogens is 2100 g/mol. The number of nitrogens with zero attached hydrogens (tertiary/aromatic N) is 13. The number of nitrogens with two attached hydrogens (primary N) is 2. The van der Waals surface area contributed by atoms with Gasteiger partial charge in [-0.3, -0.25) is 43.3 Å². The Morgan fingerprint density at radius 1 is 0.430 bits per heavy atom. The van der Waals surface area contributed by atoms with Crippen molar-refractivity contribution in [2.75, 3.05) is 11.7 Å². The highest BCUT2D eigenvalue weighted by Gasteiger charge is 2.29. The molecule has 41 heteroatoms. The third kappa shape index (κ3) is 41.7. The molecule has 5 N–H and O–H groups in total. The van der Waals surface area contributed by atoms with E-state index < -0.39 is 0 Å². The first-order valence-electron chi connectivity index (χ1n) is 45.0. The number of halogens is 5. The van der Waals surface area contributed by atoms with E-state index in [9.17, 15) is 60.3 Å². The third-order valence-electron chi connectivity index (χ3n) is 19.6. The molecular formula is C108H97F5N16O10S10. The average molecular weight is 2190 g/mol. The number of aromatic amines is 1. The number of hydrogen-bond donors (Lipinski definition) is 3. The summed E-state index contributed by atoms with van der Waals surface area (Å²) in [4.78, 5) is 115. The van der Waals surface area contributed by atoms with Crippen LogP contribution in [-0.2, 0) is 6.42 Å². The second-order valence-corrected chi connectivity index (χ2v) is 40.9. The molecule has 17 rings (SSSR count). The van der Waals surface area contributed by atoms with Gasteiger partial charge in [-0.25, -0.2) is 41.3 Å². The number of benzene rings is 8. The van der Waals surface area contributed by atoms with Crippen LogP contribution >= 0.6 is 117 Å². The molecule has 0 atom stereocenters. The summed E-state index contributed by atoms with van der Waals surface area (Å²) >= 11 is 13.8. The maximum absolute atomic E-state index is 12.7. The van der Waals surface area contributed by atoms with Gasteiger partial charge in [0.05, 0.1) is 33.5 Å². The van der Waals surface area contributed by atoms with E-state index in [2.05, 4.69) is 79.7 Å². The summed E-state index contributed by atoms with van der Waals surface area (Å²) in [5, 5.41) is 45.5. The molecule has 26 nitrogen and oxygen atoms in total. The minimum atomic E-state index is -0.369. The first kappa shape index (κ1) is 117. The number of H-pyrrole nitrogens is 1. The Bertz CT molecular complexity index is 7050. The summed E-state index contributed by atoms with van der Waals surface area (Å²) in [6.07, 6.45) is 24.9. The highest BCUT2D eigenvalue weighted by Crippen LogP contribution is 2.40. The van der Waals surface area contributed by atoms with Crippen molar-refractivity contribution in [3.05, 3.63) is 458 Å². The fourth-order valence-electron chi connectivity index (χ4n) is 11.3. The summed E-state index contributed by atoms with van der Waals surface area (Å²) in [6.45, 7) is 17.7. The van der Waals surface area contributed by atoms with Crippen molar-refractivity contribution in [2.24, 2.45) is 0 Å². The molecule has 2 aliphatic carbocycles. The van der Waals surface area contributed by atoms with Crippen LogP contribution in [0.1, 0.15) is 187 Å². The zero-order valence-electron chi connectivity index (χ0n) is 81.3. The molecule has 0 bridgehead atoms. The molecule has 0 unspecified atom stereocenters. The van der Waals surface area contributed by atoms with Crippen molar-refractivity contribution in [1.29, 1.82) is 0 Å². The van der Waals surface area contributed by atoms with Gasteiger partial charge < -0.3 is 25.6 Å². The summed E-state index contributed by atoms with van der Waals surface area (Å²) in [5.41, 5.74) is 11.8. The van der Waals surface area contributed by atoms with E-state index in [0.29, 0.717) is 94.5 Å². The van der Waals surface area contributed by atoms with E-state index >= 15 is 0 Å². The standard InChI is InChI=1S/C15H13FOS.C14H11FN2O2S.C14H13FN2O2S.C14H16N4OS.C14H13NOS2.C13H14N4OS.C12H9FN2OS.C12H8FNOS2/c1-11-3-2-4-15(11)18-10-9-14(17)12-5-7-13(16)8-6-12;15-11-5-3-9(4-6-11)12(18)7-8-20-14-17-16-13(19-14)10-1-2-10;1-9(2)13-16-14(19-17-13)20-8-7-12(18)10-3-5-11(15)6-4-10;1-3-13-16-17-14(18(13)15)20-9-8-12(19)11-6-4-10(2)5-7-11;1-10-3-5-12(6-4-10)13(16)7-8-17-14-15-11(2)9-18-14;1-9-3-5-11(6-4-9)12(18)7-8-19-13-16-15-10(2)17(13)14;13-10-3-1-9(2-4-10)11(16)5-6-17-12-7-14-8-15-12;13-10-3-1-9(2-4-10)11(15)5-6-16-12-7-14-8-17-12/h2,4-10H,3H2,1H3;3-8,10H,1-2H2;3-9H,1-2H3;4-9H,3,15H2,1-2H3;3-9H,1-2H3;3-8H,14H2,1-2H3;1-8H,(H,14,15);1-8H/b10-9+;2*8-7+;9-8+;2*8-7+;2*6-5+. The lowest BCUT2D eigenvalue weighted by atomic mass is 10.1. The smallest absolute Gasteiger partial charge is 0.289 e. The highest BCUT2D eigenvalue weighted by molar-refractivity contribution is 8.06. The summed E-state index contributed by atoms with van der Waals surface area (Å²) in [7, 11) is 0. The lowest BCUT2D eigenvalue weighted by Gasteiger charge is -1.99. The van der Waals surface area contributed by atoms with Gasteiger partial charge in [0.2, 0.25) is 16.2 Å². The molecule has 7 heterocycles. The number of aromatic nitrogens is 14. The van der Waals surface area contributed by atoms with Crippen LogP contribution in [0.5, 0.6) is 0 Å². The summed E-state index contributed by atoms with van der Waals surface area (Å²) in [5.74, 6) is 12.1. The second kappa shape index (κ2) is 62.0. The molecule has 0 aliphatic heterocycles. The van der Waals surface area contributed by atoms with Crippen LogP contribution in [0.25, 0.3) is 0 Å². The van der Waals surface area contributed by atoms with Crippen molar-refractivity contribution in [1.82, 2.24) is 70.0 Å². The Morgan fingerprint density at radius 3 is 1.15 bits per heavy atom. The largest absolute Gasteiger partial charge is 0.415 e. The Labute approximate surface area is 898 Å². The number of imidazole rings is 1. The van der Waals surface area contributed by atoms with Gasteiger partial charge in [-0.1, -0.05) is 204 Å². The van der Waals surface area contributed by atoms with Crippen molar-refractivity contribution in [2.45, 2.75) is 134 Å². The SMILES string of the molecule is CC(C)c1noc(S/C=C/C(=O)c2ccc(F)cc2)n1.CC1=C(S/C=C/C(=O)c2ccc(F)cc2)C=CC1.CCc1nnc(S/C=C/C(=O)c2ccc(C)cc2)n1N.Cc1ccc(C(=O)/C=C/Sc2nc(C)cs2)cc1.Cc1ccc(C(=O)/C=C/Sc2nnc(C)n2N)cc1.O=C(/C=C/Sc1cnc[nH]1)c1ccc(F)cc1.O=C(/C=C/Sc1cncs1)c1ccc(F)cc1.O=C(/C=C/Sc1nnc(C2CC2)o1)c1ccc(F)cc1. The predicted molar refractivity (Wildman–Crippen MR) is 585 cm³/mol. The normalized spacial score (nSPS) is 12.0. The maximum atomic E-state index is 12.7. The molecule has 1 saturated carbocycles. The predicted octanol–water partition coefficient (Wildman–Crippen LogP) is 27.4. The maximum Gasteiger partial charge on any atom is 0.289 e. The number of aryl methyl sites for hydroxylation is 6. The minimum absolute atomic E-state index is 0.0239. The van der Waals surface area contributed by atoms with Crippen molar-refractivity contribution in [3.63, 3.8) is 0 Å². The number of allylic oxidation sites excluding steroid dienone is 11. The van der Waals surface area contributed by atoms with Gasteiger partial charge in [-0.05, 0) is 298 Å². The fourth-order valence-corrected chi connectivity index (χ4v) is 17.9. The van der Waals surface area contributed by atoms with E-state index in [4.69, 9.17) is 20.6 Å². The molecule has 1 fully saturated rings. The molecule has 0 radical (unpaired) electrons. The number of nitrogens with one attached hydrogen (secondary N) is 1. The summed E-state index contributed by atoms with van der Waals surface area (Å²) < 4.78 is 78.7. The Kier molecular flexibility index (Phi) is 48.5. The van der Waals surface area contributed by atoms with Crippen LogP contribution in [0, 0.1) is 63.7 Å². The lowest BCUT2D eigenvalue weighted by Crippen LogP contribution is -2.13. The van der Waals surface area contributed by atoms with E-state index in [1.165, 1.54) is 289 Å². The van der Waals surface area contributed by atoms with Crippen LogP contribution in [0.3, 0.4) is 0 Å². The molecule has 0 spiro atoms. The molecule has 764 valence electrons. The molecule has 8 aromatic carbocycles. The number of ketones is 8. The number of hydrogen-bond acceptors (Lipinski definition) is 33. The molecule has 7 aromatic heterocycles. The van der Waals surface area contributed by atoms with E-state index in [1.807, 2.05) is 127 Å². The third-order valence-corrected chi connectivity index (χ3v) is 27.8. The van der Waals surface area contributed by atoms with E-state index in [0.717, 1.165) is 61.6 Å². The van der Waals surface area contributed by atoms with Crippen molar-refractivity contribution in [3.8, 4) is 0 Å². The van der Waals surface area contributed by atoms with Gasteiger partial charge >= 0.3 is 0 Å². The molecule has 0 amide bonds. The van der Waals surface area contributed by atoms with Crippen LogP contribution < -0.4 is 11.7 Å². The van der Waals surface area contributed by atoms with Crippen LogP contribution in [-0.4, -0.2) is 116 Å². The van der Waals surface area contributed by atoms with Crippen molar-refractivity contribution < 1.29 is 69.2 Å². The van der Waals surface area contributed by atoms with Gasteiger partial charge in [0.25, 0.3) is 10.4 Å². The number of thioether (sulfide) groups is 8. The van der Waals surface area contributed by atoms with Crippen LogP contribution in [0.15, 0.2) is 382 Å². The molecule has 149 heavy (non-hydrogen) atoms. The number of rotatable bonds is 35. The first-order chi connectivity index (χ1) is 71.8. The topological polar surface area (TPSA) is 382 Å². The number of carbonyl (C=O) groups excluding carboxylic acids is 8. The van der Waals surface area contributed by atoms with Crippen molar-refractivity contribution >= 4 is 163 Å². The quantitative estimate of drug-likeness (QED) is 0.0109. The Balaban J connectivity index is 0.000000174. The number of nitrogen functional groups attached to an aromatic ring is 2. The van der Waals surface area contributed by atoms with E-state index in [-0.39, 0.29) is 81.3 Å². The minimum Gasteiger partial charge on any atom is -0.415 e. The molecule has 15 aromatic rings. The van der Waals surface area contributed by atoms with Crippen LogP contribution in [0.2, 0.25) is 0 Å². The Morgan fingerprint density at radius 2 is 0.812 bits per heavy atom. The van der Waals surface area contributed by atoms with Gasteiger partial charge in [0, 0.05) is 78.7 Å². The van der Waals surface area contributed by atoms with E-state index in [1.54, 1.807) is 91.8 Å². The van der Waals surface area contributed by atoms with Gasteiger partial charge in [0.15, 0.2) is 62.3 Å². The average Bonchev–Trinajstić information content (AvgIpc) is 1.69. The second-order valence-electron chi connectivity index (χ2n) is 31.4. The Hall–Kier alpha value is -14.4. The van der Waals surface area contributed by atoms with Gasteiger partial charge in [-0.2, -0.15) is 4.98 Å².